The Morgan fingerprint density at radius 2 is 1.72 bits per heavy atom. The lowest BCUT2D eigenvalue weighted by Crippen LogP contribution is -2.48. The number of piperazine rings is 1. The average molecular weight is 518 g/mol. The zero-order valence-electron chi connectivity index (χ0n) is 21.2. The molecule has 1 fully saturated rings. The first-order chi connectivity index (χ1) is 17.0. The summed E-state index contributed by atoms with van der Waals surface area (Å²) in [6, 6.07) is 10.6. The molecule has 0 radical (unpaired) electrons. The Morgan fingerprint density at radius 3 is 2.39 bits per heavy atom. The number of hydrogen-bond acceptors (Lipinski definition) is 6. The van der Waals surface area contributed by atoms with Gasteiger partial charge in [0.25, 0.3) is 0 Å². The van der Waals surface area contributed by atoms with Crippen LogP contribution in [0.15, 0.2) is 42.6 Å². The molecule has 0 saturated carbocycles. The number of hydrogen-bond donors (Lipinski definition) is 0. The van der Waals surface area contributed by atoms with Crippen LogP contribution in [0.4, 0.5) is 14.5 Å². The molecule has 0 spiro atoms. The van der Waals surface area contributed by atoms with Gasteiger partial charge in [-0.1, -0.05) is 37.3 Å². The maximum Gasteiger partial charge on any atom is 0.156 e. The highest BCUT2D eigenvalue weighted by atomic mass is 32.2. The fourth-order valence-electron chi connectivity index (χ4n) is 4.57. The predicted octanol–water partition coefficient (Wildman–Crippen LogP) is 4.31. The number of anilines is 1. The van der Waals surface area contributed by atoms with Gasteiger partial charge in [0.2, 0.25) is 0 Å². The zero-order valence-corrected chi connectivity index (χ0v) is 22.0. The van der Waals surface area contributed by atoms with Crippen LogP contribution < -0.4 is 4.90 Å². The largest absolute Gasteiger partial charge is 0.369 e. The Kier molecular flexibility index (Phi) is 7.75. The number of nitrogens with zero attached hydrogens (tertiary/aromatic N) is 5. The van der Waals surface area contributed by atoms with Crippen LogP contribution in [0.2, 0.25) is 0 Å². The van der Waals surface area contributed by atoms with E-state index in [0.29, 0.717) is 11.7 Å². The molecule has 3 aromatic rings. The monoisotopic (exact) mass is 517 g/mol. The maximum atomic E-state index is 15.3. The molecule has 1 aromatic heterocycles. The summed E-state index contributed by atoms with van der Waals surface area (Å²) in [5.41, 5.74) is 1.77. The van der Waals surface area contributed by atoms with E-state index in [1.807, 2.05) is 24.3 Å². The van der Waals surface area contributed by atoms with Crippen molar-refractivity contribution in [3.63, 3.8) is 0 Å². The molecule has 36 heavy (non-hydrogen) atoms. The SMILES string of the molecule is CC(C)CS(=O)(=O)Cc1ccc(F)c(-n2cc(-c3cccc(N4CCN(C(C)C)CC4)c3)nn2)c1F. The van der Waals surface area contributed by atoms with Crippen molar-refractivity contribution in [2.24, 2.45) is 5.92 Å². The lowest BCUT2D eigenvalue weighted by atomic mass is 10.1. The molecule has 7 nitrogen and oxygen atoms in total. The normalized spacial score (nSPS) is 15.3. The summed E-state index contributed by atoms with van der Waals surface area (Å²) in [5.74, 6) is -2.46. The van der Waals surface area contributed by atoms with E-state index in [2.05, 4.69) is 34.0 Å². The number of benzene rings is 2. The van der Waals surface area contributed by atoms with E-state index in [9.17, 15) is 12.8 Å². The van der Waals surface area contributed by atoms with Gasteiger partial charge in [-0.15, -0.1) is 5.10 Å². The molecule has 0 aliphatic carbocycles. The van der Waals surface area contributed by atoms with Gasteiger partial charge in [0.15, 0.2) is 21.5 Å². The minimum absolute atomic E-state index is 0.0739. The van der Waals surface area contributed by atoms with Gasteiger partial charge in [-0.3, -0.25) is 4.90 Å². The molecule has 1 aliphatic rings. The predicted molar refractivity (Wildman–Crippen MR) is 138 cm³/mol. The molecular formula is C26H33F2N5O2S. The molecule has 194 valence electrons. The molecule has 2 heterocycles. The highest BCUT2D eigenvalue weighted by Crippen LogP contribution is 2.27. The first-order valence-corrected chi connectivity index (χ1v) is 14.1. The fourth-order valence-corrected chi connectivity index (χ4v) is 6.40. The van der Waals surface area contributed by atoms with Crippen LogP contribution in [0.3, 0.4) is 0 Å². The van der Waals surface area contributed by atoms with Gasteiger partial charge in [-0.25, -0.2) is 21.9 Å². The molecule has 2 aromatic carbocycles. The number of rotatable bonds is 8. The maximum absolute atomic E-state index is 15.3. The van der Waals surface area contributed by atoms with Crippen LogP contribution in [0.1, 0.15) is 33.3 Å². The Hall–Kier alpha value is -2.85. The first kappa shape index (κ1) is 26.2. The van der Waals surface area contributed by atoms with Crippen molar-refractivity contribution in [2.75, 3.05) is 36.8 Å². The highest BCUT2D eigenvalue weighted by molar-refractivity contribution is 7.90. The van der Waals surface area contributed by atoms with Gasteiger partial charge in [0.1, 0.15) is 11.4 Å². The molecule has 10 heteroatoms. The van der Waals surface area contributed by atoms with Gasteiger partial charge in [-0.2, -0.15) is 0 Å². The Bertz CT molecular complexity index is 1320. The van der Waals surface area contributed by atoms with Crippen molar-refractivity contribution in [3.8, 4) is 16.9 Å². The molecule has 0 bridgehead atoms. The number of aromatic nitrogens is 3. The van der Waals surface area contributed by atoms with Gasteiger partial charge in [0, 0.05) is 49.0 Å². The molecule has 1 saturated heterocycles. The molecule has 0 atom stereocenters. The van der Waals surface area contributed by atoms with Gasteiger partial charge in [-0.05, 0) is 38.0 Å². The smallest absolute Gasteiger partial charge is 0.156 e. The van der Waals surface area contributed by atoms with Crippen molar-refractivity contribution in [2.45, 2.75) is 39.5 Å². The first-order valence-electron chi connectivity index (χ1n) is 12.2. The molecule has 0 unspecified atom stereocenters. The molecular weight excluding hydrogens is 484 g/mol. The van der Waals surface area contributed by atoms with Gasteiger partial charge in [0.05, 0.1) is 17.7 Å². The lowest BCUT2D eigenvalue weighted by Gasteiger charge is -2.38. The number of halogens is 2. The lowest BCUT2D eigenvalue weighted by molar-refractivity contribution is 0.209. The van der Waals surface area contributed by atoms with Crippen LogP contribution in [0.25, 0.3) is 16.9 Å². The topological polar surface area (TPSA) is 71.3 Å². The van der Waals surface area contributed by atoms with Crippen molar-refractivity contribution >= 4 is 15.5 Å². The van der Waals surface area contributed by atoms with E-state index < -0.39 is 32.9 Å². The van der Waals surface area contributed by atoms with E-state index in [1.54, 1.807) is 13.8 Å². The summed E-state index contributed by atoms with van der Waals surface area (Å²) < 4.78 is 55.8. The van der Waals surface area contributed by atoms with E-state index in [0.717, 1.165) is 48.2 Å². The second-order valence-electron chi connectivity index (χ2n) is 10.0. The van der Waals surface area contributed by atoms with Crippen LogP contribution in [-0.4, -0.2) is 66.3 Å². The quantitative estimate of drug-likeness (QED) is 0.443. The summed E-state index contributed by atoms with van der Waals surface area (Å²) in [6.07, 6.45) is 1.46. The summed E-state index contributed by atoms with van der Waals surface area (Å²) >= 11 is 0. The van der Waals surface area contributed by atoms with E-state index in [4.69, 9.17) is 0 Å². The molecule has 4 rings (SSSR count). The van der Waals surface area contributed by atoms with E-state index >= 15 is 4.39 Å². The van der Waals surface area contributed by atoms with Crippen molar-refractivity contribution in [3.05, 3.63) is 59.8 Å². The Labute approximate surface area is 211 Å². The summed E-state index contributed by atoms with van der Waals surface area (Å²) in [6.45, 7) is 11.8. The van der Waals surface area contributed by atoms with Crippen LogP contribution in [0, 0.1) is 17.6 Å². The summed E-state index contributed by atoms with van der Waals surface area (Å²) in [7, 11) is -3.55. The molecule has 1 aliphatic heterocycles. The summed E-state index contributed by atoms with van der Waals surface area (Å²) in [4.78, 5) is 4.75. The van der Waals surface area contributed by atoms with Crippen molar-refractivity contribution in [1.29, 1.82) is 0 Å². The van der Waals surface area contributed by atoms with E-state index in [1.165, 1.54) is 12.3 Å². The highest BCUT2D eigenvalue weighted by Gasteiger charge is 2.23. The van der Waals surface area contributed by atoms with Gasteiger partial charge >= 0.3 is 0 Å². The zero-order chi connectivity index (χ0) is 26.0. The minimum atomic E-state index is -3.55. The van der Waals surface area contributed by atoms with E-state index in [-0.39, 0.29) is 17.2 Å². The minimum Gasteiger partial charge on any atom is -0.369 e. The Balaban J connectivity index is 1.58. The standard InChI is InChI=1S/C26H33F2N5O2S/c1-18(2)16-36(34,35)17-21-8-9-23(27)26(25(21)28)33-15-24(29-30-33)20-6-5-7-22(14-20)32-12-10-31(11-13-32)19(3)4/h5-9,14-15,18-19H,10-13,16-17H2,1-4H3. The summed E-state index contributed by atoms with van der Waals surface area (Å²) in [5, 5.41) is 8.10. The van der Waals surface area contributed by atoms with Crippen LogP contribution in [-0.2, 0) is 15.6 Å². The van der Waals surface area contributed by atoms with Crippen molar-refractivity contribution < 1.29 is 17.2 Å². The van der Waals surface area contributed by atoms with Crippen LogP contribution >= 0.6 is 0 Å². The third-order valence-corrected chi connectivity index (χ3v) is 8.31. The second-order valence-corrected chi connectivity index (χ2v) is 12.1. The van der Waals surface area contributed by atoms with Crippen molar-refractivity contribution in [1.82, 2.24) is 19.9 Å². The molecule has 0 N–H and O–H groups in total. The second kappa shape index (κ2) is 10.6. The third kappa shape index (κ3) is 5.92. The third-order valence-electron chi connectivity index (χ3n) is 6.38. The van der Waals surface area contributed by atoms with Gasteiger partial charge < -0.3 is 4.90 Å². The fraction of sp³-hybridized carbons (Fsp3) is 0.462. The number of sulfone groups is 1. The average Bonchev–Trinajstić information content (AvgIpc) is 3.30. The molecule has 0 amide bonds. The van der Waals surface area contributed by atoms with Crippen LogP contribution in [0.5, 0.6) is 0 Å². The Morgan fingerprint density at radius 1 is 1.00 bits per heavy atom.